The number of carbonyl (C=O) groups is 1. The Labute approximate surface area is 196 Å². The van der Waals surface area contributed by atoms with Gasteiger partial charge < -0.3 is 5.21 Å². The summed E-state index contributed by atoms with van der Waals surface area (Å²) in [5.74, 6) is 4.61. The van der Waals surface area contributed by atoms with Gasteiger partial charge in [0.15, 0.2) is 5.78 Å². The first-order chi connectivity index (χ1) is 15.0. The molecule has 0 aliphatic heterocycles. The molecule has 0 bridgehead atoms. The van der Waals surface area contributed by atoms with Crippen LogP contribution in [0.5, 0.6) is 0 Å². The molecule has 0 amide bonds. The van der Waals surface area contributed by atoms with E-state index < -0.39 is 5.41 Å². The third-order valence-corrected chi connectivity index (χ3v) is 10.8. The highest BCUT2D eigenvalue weighted by atomic mass is 16.4. The molecule has 3 nitrogen and oxygen atoms in total. The van der Waals surface area contributed by atoms with Gasteiger partial charge in [-0.3, -0.25) is 4.79 Å². The molecule has 0 aromatic rings. The van der Waals surface area contributed by atoms with Gasteiger partial charge in [0, 0.05) is 6.42 Å². The van der Waals surface area contributed by atoms with Crippen LogP contribution >= 0.6 is 0 Å². The summed E-state index contributed by atoms with van der Waals surface area (Å²) >= 11 is 0. The predicted octanol–water partition coefficient (Wildman–Crippen LogP) is 7.67. The summed E-state index contributed by atoms with van der Waals surface area (Å²) in [5, 5.41) is 13.1. The topological polar surface area (TPSA) is 49.7 Å². The van der Waals surface area contributed by atoms with Crippen molar-refractivity contribution >= 4 is 11.5 Å². The largest absolute Gasteiger partial charge is 0.411 e. The lowest BCUT2D eigenvalue weighted by Gasteiger charge is -2.60. The van der Waals surface area contributed by atoms with E-state index in [1.165, 1.54) is 50.5 Å². The van der Waals surface area contributed by atoms with Gasteiger partial charge in [-0.15, -0.1) is 0 Å². The summed E-state index contributed by atoms with van der Waals surface area (Å²) < 4.78 is 0. The molecular formula is C29H47NO2. The van der Waals surface area contributed by atoms with Gasteiger partial charge in [0.1, 0.15) is 5.71 Å². The number of hydrogen-bond acceptors (Lipinski definition) is 3. The molecule has 1 N–H and O–H groups in total. The Kier molecular flexibility index (Phi) is 6.21. The molecule has 0 aromatic carbocycles. The highest BCUT2D eigenvalue weighted by Crippen LogP contribution is 2.68. The molecule has 0 heterocycles. The van der Waals surface area contributed by atoms with Crippen molar-refractivity contribution < 1.29 is 10.0 Å². The predicted molar refractivity (Wildman–Crippen MR) is 132 cm³/mol. The number of fused-ring (bicyclic) bond motifs is 5. The normalized spacial score (nSPS) is 42.9. The van der Waals surface area contributed by atoms with Crippen molar-refractivity contribution in [3.05, 3.63) is 11.6 Å². The number of nitrogens with zero attached hydrogens (tertiary/aromatic N) is 1. The zero-order valence-corrected chi connectivity index (χ0v) is 21.7. The van der Waals surface area contributed by atoms with Crippen LogP contribution in [0.25, 0.3) is 0 Å². The van der Waals surface area contributed by atoms with Crippen molar-refractivity contribution in [1.29, 1.82) is 0 Å². The Bertz CT molecular complexity index is 808. The Morgan fingerprint density at radius 3 is 2.44 bits per heavy atom. The Hall–Kier alpha value is -1.12. The van der Waals surface area contributed by atoms with Gasteiger partial charge in [-0.25, -0.2) is 0 Å². The average Bonchev–Trinajstić information content (AvgIpc) is 3.08. The molecule has 4 rings (SSSR count). The molecule has 0 radical (unpaired) electrons. The molecule has 3 heteroatoms. The first kappa shape index (κ1) is 24.0. The fraction of sp³-hybridized carbons (Fsp3) is 0.862. The van der Waals surface area contributed by atoms with E-state index in [1.807, 2.05) is 13.8 Å². The minimum Gasteiger partial charge on any atom is -0.411 e. The van der Waals surface area contributed by atoms with Crippen LogP contribution in [0.4, 0.5) is 0 Å². The molecule has 3 fully saturated rings. The third-order valence-electron chi connectivity index (χ3n) is 10.8. The minimum atomic E-state index is -0.552. The van der Waals surface area contributed by atoms with Gasteiger partial charge in [-0.1, -0.05) is 70.7 Å². The molecule has 32 heavy (non-hydrogen) atoms. The maximum absolute atomic E-state index is 13.0. The standard InChI is InChI=1S/C29H47NO2/c1-18(2)9-8-10-19(3)21-12-13-22-20-11-14-25-27(4,5)26(31)24(30-32)17-29(25,7)23(20)15-16-28(21,22)6/h14,18-23,32H,8-13,15-17H2,1-7H3/b30-24-. The number of carbonyl (C=O) groups excluding carboxylic acids is 1. The number of ketones is 1. The second kappa shape index (κ2) is 8.27. The van der Waals surface area contributed by atoms with E-state index in [-0.39, 0.29) is 11.2 Å². The summed E-state index contributed by atoms with van der Waals surface area (Å²) in [6.45, 7) is 16.3. The summed E-state index contributed by atoms with van der Waals surface area (Å²) in [6.07, 6.45) is 13.6. The molecule has 4 aliphatic rings. The minimum absolute atomic E-state index is 0.0129. The first-order valence-corrected chi connectivity index (χ1v) is 13.4. The lowest BCUT2D eigenvalue weighted by atomic mass is 9.44. The van der Waals surface area contributed by atoms with E-state index in [2.05, 4.69) is 45.9 Å². The van der Waals surface area contributed by atoms with Crippen molar-refractivity contribution in [3.63, 3.8) is 0 Å². The maximum atomic E-state index is 13.0. The zero-order chi connectivity index (χ0) is 23.5. The van der Waals surface area contributed by atoms with Crippen molar-refractivity contribution in [3.8, 4) is 0 Å². The van der Waals surface area contributed by atoms with Crippen LogP contribution < -0.4 is 0 Å². The van der Waals surface area contributed by atoms with Gasteiger partial charge in [0.2, 0.25) is 0 Å². The molecule has 0 saturated heterocycles. The van der Waals surface area contributed by atoms with Gasteiger partial charge in [-0.05, 0) is 92.3 Å². The summed E-state index contributed by atoms with van der Waals surface area (Å²) in [6, 6.07) is 0. The highest BCUT2D eigenvalue weighted by molar-refractivity contribution is 6.43. The van der Waals surface area contributed by atoms with Crippen molar-refractivity contribution in [2.75, 3.05) is 0 Å². The zero-order valence-electron chi connectivity index (χ0n) is 21.7. The molecule has 0 spiro atoms. The third kappa shape index (κ3) is 3.52. The van der Waals surface area contributed by atoms with E-state index >= 15 is 0 Å². The number of hydrogen-bond donors (Lipinski definition) is 1. The average molecular weight is 442 g/mol. The first-order valence-electron chi connectivity index (χ1n) is 13.4. The van der Waals surface area contributed by atoms with Crippen LogP contribution in [0.2, 0.25) is 0 Å². The fourth-order valence-electron chi connectivity index (χ4n) is 9.31. The SMILES string of the molecule is CC(C)CCCC(C)C1CCC2C3CC=C4C(C)(C)C(=O)/C(=N\O)CC4(C)C3CCC12C. The lowest BCUT2D eigenvalue weighted by Crippen LogP contribution is -2.56. The molecule has 7 unspecified atom stereocenters. The van der Waals surface area contributed by atoms with E-state index in [4.69, 9.17) is 0 Å². The Morgan fingerprint density at radius 1 is 1.06 bits per heavy atom. The number of rotatable bonds is 5. The monoisotopic (exact) mass is 441 g/mol. The second-order valence-corrected chi connectivity index (χ2v) is 13.4. The van der Waals surface area contributed by atoms with Crippen LogP contribution in [-0.4, -0.2) is 16.7 Å². The number of oxime groups is 1. The summed E-state index contributed by atoms with van der Waals surface area (Å²) in [5.41, 5.74) is 1.58. The lowest BCUT2D eigenvalue weighted by molar-refractivity contribution is -0.122. The number of Topliss-reactive ketones (excluding diaryl/α,β-unsaturated/α-hetero) is 1. The van der Waals surface area contributed by atoms with Crippen LogP contribution in [0.1, 0.15) is 106 Å². The van der Waals surface area contributed by atoms with Crippen LogP contribution in [0, 0.1) is 51.8 Å². The van der Waals surface area contributed by atoms with E-state index in [0.717, 1.165) is 30.1 Å². The molecular weight excluding hydrogens is 394 g/mol. The molecule has 3 saturated carbocycles. The van der Waals surface area contributed by atoms with Gasteiger partial charge in [-0.2, -0.15) is 0 Å². The van der Waals surface area contributed by atoms with Crippen LogP contribution in [0.15, 0.2) is 16.8 Å². The van der Waals surface area contributed by atoms with Crippen LogP contribution in [-0.2, 0) is 4.79 Å². The molecule has 180 valence electrons. The Morgan fingerprint density at radius 2 is 1.78 bits per heavy atom. The van der Waals surface area contributed by atoms with Crippen molar-refractivity contribution in [1.82, 2.24) is 0 Å². The van der Waals surface area contributed by atoms with E-state index in [1.54, 1.807) is 0 Å². The number of allylic oxidation sites excluding steroid dienone is 2. The summed E-state index contributed by atoms with van der Waals surface area (Å²) in [7, 11) is 0. The van der Waals surface area contributed by atoms with Crippen LogP contribution in [0.3, 0.4) is 0 Å². The highest BCUT2D eigenvalue weighted by Gasteiger charge is 2.62. The van der Waals surface area contributed by atoms with E-state index in [0.29, 0.717) is 29.4 Å². The van der Waals surface area contributed by atoms with Gasteiger partial charge >= 0.3 is 0 Å². The molecule has 7 atom stereocenters. The van der Waals surface area contributed by atoms with Gasteiger partial charge in [0.05, 0.1) is 5.41 Å². The quantitative estimate of drug-likeness (QED) is 0.270. The van der Waals surface area contributed by atoms with Gasteiger partial charge in [0.25, 0.3) is 0 Å². The smallest absolute Gasteiger partial charge is 0.190 e. The van der Waals surface area contributed by atoms with Crippen molar-refractivity contribution in [2.24, 2.45) is 56.9 Å². The Balaban J connectivity index is 1.59. The second-order valence-electron chi connectivity index (χ2n) is 13.4. The summed E-state index contributed by atoms with van der Waals surface area (Å²) in [4.78, 5) is 13.0. The van der Waals surface area contributed by atoms with Crippen molar-refractivity contribution in [2.45, 2.75) is 106 Å². The molecule has 0 aromatic heterocycles. The fourth-order valence-corrected chi connectivity index (χ4v) is 9.31. The van der Waals surface area contributed by atoms with E-state index in [9.17, 15) is 10.0 Å². The molecule has 4 aliphatic carbocycles. The maximum Gasteiger partial charge on any atom is 0.190 e.